The Morgan fingerprint density at radius 1 is 1.25 bits per heavy atom. The molecular weight excluding hydrogens is 200 g/mol. The lowest BCUT2D eigenvalue weighted by molar-refractivity contribution is 0.296. The smallest absolute Gasteiger partial charge is 0.202 e. The predicted octanol–water partition coefficient (Wildman–Crippen LogP) is 1.71. The molecular formula is C12H22N4. The lowest BCUT2D eigenvalue weighted by Gasteiger charge is -2.19. The van der Waals surface area contributed by atoms with E-state index < -0.39 is 0 Å². The third-order valence-electron chi connectivity index (χ3n) is 3.23. The summed E-state index contributed by atoms with van der Waals surface area (Å²) in [7, 11) is 2.02. The summed E-state index contributed by atoms with van der Waals surface area (Å²) in [5.74, 6) is 0.967. The van der Waals surface area contributed by atoms with Crippen molar-refractivity contribution in [3.63, 3.8) is 0 Å². The Morgan fingerprint density at radius 2 is 2.00 bits per heavy atom. The Hall–Kier alpha value is -1.03. The second-order valence-electron chi connectivity index (χ2n) is 4.54. The Kier molecular flexibility index (Phi) is 4.22. The summed E-state index contributed by atoms with van der Waals surface area (Å²) in [5, 5.41) is 3.37. The number of hydrogen-bond acceptors (Lipinski definition) is 3. The van der Waals surface area contributed by atoms with Crippen molar-refractivity contribution in [2.75, 3.05) is 31.5 Å². The van der Waals surface area contributed by atoms with Gasteiger partial charge in [0, 0.05) is 32.5 Å². The van der Waals surface area contributed by atoms with Crippen LogP contribution in [0.2, 0.25) is 0 Å². The molecule has 0 atom stereocenters. The highest BCUT2D eigenvalue weighted by Gasteiger charge is 2.08. The molecule has 90 valence electrons. The minimum atomic E-state index is 0.967. The molecule has 0 amide bonds. The Labute approximate surface area is 97.7 Å². The molecule has 0 spiro atoms. The number of likely N-dealkylation sites (tertiary alicyclic amines) is 1. The molecule has 1 aliphatic heterocycles. The van der Waals surface area contributed by atoms with Crippen LogP contribution in [0.15, 0.2) is 12.4 Å². The zero-order valence-corrected chi connectivity index (χ0v) is 10.2. The van der Waals surface area contributed by atoms with E-state index in [0.29, 0.717) is 0 Å². The Bertz CT molecular complexity index is 300. The molecule has 2 heterocycles. The Morgan fingerprint density at radius 3 is 2.62 bits per heavy atom. The van der Waals surface area contributed by atoms with Crippen molar-refractivity contribution in [1.82, 2.24) is 14.5 Å². The van der Waals surface area contributed by atoms with Gasteiger partial charge in [0.05, 0.1) is 0 Å². The molecule has 1 aromatic heterocycles. The molecule has 1 aromatic rings. The number of aromatic nitrogens is 2. The average molecular weight is 222 g/mol. The van der Waals surface area contributed by atoms with Crippen LogP contribution in [0.3, 0.4) is 0 Å². The van der Waals surface area contributed by atoms with Gasteiger partial charge in [0.2, 0.25) is 5.95 Å². The quantitative estimate of drug-likeness (QED) is 0.842. The normalized spacial score (nSPS) is 18.3. The van der Waals surface area contributed by atoms with Gasteiger partial charge in [0.1, 0.15) is 0 Å². The van der Waals surface area contributed by atoms with Crippen molar-refractivity contribution < 1.29 is 0 Å². The van der Waals surface area contributed by atoms with E-state index in [-0.39, 0.29) is 0 Å². The van der Waals surface area contributed by atoms with Gasteiger partial charge in [-0.05, 0) is 25.9 Å². The van der Waals surface area contributed by atoms with Crippen LogP contribution in [0, 0.1) is 0 Å². The molecule has 1 saturated heterocycles. The van der Waals surface area contributed by atoms with E-state index in [1.54, 1.807) is 0 Å². The minimum absolute atomic E-state index is 0.967. The number of hydrogen-bond donors (Lipinski definition) is 1. The predicted molar refractivity (Wildman–Crippen MR) is 66.6 cm³/mol. The van der Waals surface area contributed by atoms with Crippen molar-refractivity contribution in [1.29, 1.82) is 0 Å². The summed E-state index contributed by atoms with van der Waals surface area (Å²) < 4.78 is 2.02. The van der Waals surface area contributed by atoms with E-state index in [1.807, 2.05) is 24.0 Å². The van der Waals surface area contributed by atoms with Crippen LogP contribution < -0.4 is 5.32 Å². The van der Waals surface area contributed by atoms with Gasteiger partial charge in [-0.3, -0.25) is 0 Å². The average Bonchev–Trinajstić information content (AvgIpc) is 2.55. The fourth-order valence-corrected chi connectivity index (χ4v) is 2.22. The van der Waals surface area contributed by atoms with Gasteiger partial charge >= 0.3 is 0 Å². The van der Waals surface area contributed by atoms with Gasteiger partial charge in [0.25, 0.3) is 0 Å². The van der Waals surface area contributed by atoms with Crippen molar-refractivity contribution in [3.05, 3.63) is 12.4 Å². The van der Waals surface area contributed by atoms with Crippen molar-refractivity contribution in [3.8, 4) is 0 Å². The SMILES string of the molecule is Cn1ccnc1NCCN1CCCCCC1. The summed E-state index contributed by atoms with van der Waals surface area (Å²) in [4.78, 5) is 6.81. The number of anilines is 1. The first-order chi connectivity index (χ1) is 7.86. The zero-order chi connectivity index (χ0) is 11.2. The summed E-state index contributed by atoms with van der Waals surface area (Å²) in [6.07, 6.45) is 9.33. The molecule has 0 bridgehead atoms. The largest absolute Gasteiger partial charge is 0.354 e. The fraction of sp³-hybridized carbons (Fsp3) is 0.750. The molecule has 1 aliphatic rings. The number of imidazole rings is 1. The van der Waals surface area contributed by atoms with Crippen molar-refractivity contribution in [2.45, 2.75) is 25.7 Å². The van der Waals surface area contributed by atoms with Gasteiger partial charge in [-0.2, -0.15) is 0 Å². The molecule has 2 rings (SSSR count). The van der Waals surface area contributed by atoms with Crippen LogP contribution in [0.5, 0.6) is 0 Å². The summed E-state index contributed by atoms with van der Waals surface area (Å²) >= 11 is 0. The standard InChI is InChI=1S/C12H22N4/c1-15-10-6-13-12(15)14-7-11-16-8-4-2-3-5-9-16/h6,10H,2-5,7-9,11H2,1H3,(H,13,14). The van der Waals surface area contributed by atoms with Gasteiger partial charge in [-0.1, -0.05) is 12.8 Å². The molecule has 0 radical (unpaired) electrons. The Balaban J connectivity index is 1.69. The van der Waals surface area contributed by atoms with E-state index in [2.05, 4.69) is 15.2 Å². The molecule has 1 fully saturated rings. The summed E-state index contributed by atoms with van der Waals surface area (Å²) in [6.45, 7) is 4.65. The third kappa shape index (κ3) is 3.23. The zero-order valence-electron chi connectivity index (χ0n) is 10.2. The van der Waals surface area contributed by atoms with Crippen molar-refractivity contribution >= 4 is 5.95 Å². The molecule has 0 aliphatic carbocycles. The number of rotatable bonds is 4. The van der Waals surface area contributed by atoms with E-state index in [1.165, 1.54) is 38.8 Å². The second-order valence-corrected chi connectivity index (χ2v) is 4.54. The molecule has 0 aromatic carbocycles. The maximum absolute atomic E-state index is 4.25. The first kappa shape index (κ1) is 11.5. The second kappa shape index (κ2) is 5.89. The van der Waals surface area contributed by atoms with Gasteiger partial charge in [0.15, 0.2) is 0 Å². The number of nitrogens with one attached hydrogen (secondary N) is 1. The lowest BCUT2D eigenvalue weighted by Crippen LogP contribution is -2.30. The van der Waals surface area contributed by atoms with Gasteiger partial charge < -0.3 is 14.8 Å². The molecule has 0 unspecified atom stereocenters. The minimum Gasteiger partial charge on any atom is -0.354 e. The maximum Gasteiger partial charge on any atom is 0.202 e. The summed E-state index contributed by atoms with van der Waals surface area (Å²) in [6, 6.07) is 0. The third-order valence-corrected chi connectivity index (χ3v) is 3.23. The van der Waals surface area contributed by atoms with E-state index >= 15 is 0 Å². The number of nitrogens with zero attached hydrogens (tertiary/aromatic N) is 3. The molecule has 1 N–H and O–H groups in total. The molecule has 16 heavy (non-hydrogen) atoms. The highest BCUT2D eigenvalue weighted by Crippen LogP contribution is 2.09. The first-order valence-electron chi connectivity index (χ1n) is 6.30. The van der Waals surface area contributed by atoms with Gasteiger partial charge in [-0.25, -0.2) is 4.98 Å². The maximum atomic E-state index is 4.25. The van der Waals surface area contributed by atoms with Gasteiger partial charge in [-0.15, -0.1) is 0 Å². The van der Waals surface area contributed by atoms with Crippen LogP contribution >= 0.6 is 0 Å². The lowest BCUT2D eigenvalue weighted by atomic mass is 10.2. The van der Waals surface area contributed by atoms with Crippen LogP contribution in [0.25, 0.3) is 0 Å². The fourth-order valence-electron chi connectivity index (χ4n) is 2.22. The van der Waals surface area contributed by atoms with E-state index in [4.69, 9.17) is 0 Å². The van der Waals surface area contributed by atoms with E-state index in [9.17, 15) is 0 Å². The van der Waals surface area contributed by atoms with Crippen LogP contribution in [0.4, 0.5) is 5.95 Å². The molecule has 0 saturated carbocycles. The first-order valence-corrected chi connectivity index (χ1v) is 6.30. The van der Waals surface area contributed by atoms with Crippen LogP contribution in [0.1, 0.15) is 25.7 Å². The molecule has 4 heteroatoms. The summed E-state index contributed by atoms with van der Waals surface area (Å²) in [5.41, 5.74) is 0. The van der Waals surface area contributed by atoms with Crippen molar-refractivity contribution in [2.24, 2.45) is 7.05 Å². The highest BCUT2D eigenvalue weighted by molar-refractivity contribution is 5.24. The highest BCUT2D eigenvalue weighted by atomic mass is 15.2. The number of aryl methyl sites for hydroxylation is 1. The van der Waals surface area contributed by atoms with E-state index in [0.717, 1.165) is 19.0 Å². The monoisotopic (exact) mass is 222 g/mol. The van der Waals surface area contributed by atoms with Crippen LogP contribution in [-0.2, 0) is 7.05 Å². The van der Waals surface area contributed by atoms with Crippen LogP contribution in [-0.4, -0.2) is 40.6 Å². The topological polar surface area (TPSA) is 33.1 Å². The molecule has 4 nitrogen and oxygen atoms in total.